The largest absolute Gasteiger partial charge is 0.412 e. The molecular formula is C14H20F2O2Si. The SMILES string of the molecule is CC(C)(C)[Si](C)(C)OCc1cc(F)c(C=O)cc1F. The van der Waals surface area contributed by atoms with E-state index in [0.717, 1.165) is 12.1 Å². The van der Waals surface area contributed by atoms with Crippen LogP contribution in [0.25, 0.3) is 0 Å². The van der Waals surface area contributed by atoms with Gasteiger partial charge in [0.25, 0.3) is 0 Å². The molecule has 1 aromatic carbocycles. The zero-order valence-electron chi connectivity index (χ0n) is 12.0. The highest BCUT2D eigenvalue weighted by molar-refractivity contribution is 6.74. The van der Waals surface area contributed by atoms with Crippen LogP contribution in [-0.4, -0.2) is 14.6 Å². The van der Waals surface area contributed by atoms with E-state index in [2.05, 4.69) is 20.8 Å². The Morgan fingerprint density at radius 1 is 1.21 bits per heavy atom. The maximum atomic E-state index is 13.7. The summed E-state index contributed by atoms with van der Waals surface area (Å²) in [5, 5.41) is 0.00472. The molecule has 0 aliphatic carbocycles. The molecule has 1 aromatic rings. The molecule has 0 amide bonds. The van der Waals surface area contributed by atoms with E-state index in [-0.39, 0.29) is 22.8 Å². The Hall–Kier alpha value is -1.07. The zero-order chi connectivity index (χ0) is 14.8. The van der Waals surface area contributed by atoms with Crippen molar-refractivity contribution in [3.8, 4) is 0 Å². The van der Waals surface area contributed by atoms with E-state index in [1.807, 2.05) is 13.1 Å². The van der Waals surface area contributed by atoms with E-state index in [1.165, 1.54) is 0 Å². The lowest BCUT2D eigenvalue weighted by molar-refractivity contribution is 0.111. The number of carbonyl (C=O) groups is 1. The lowest BCUT2D eigenvalue weighted by Crippen LogP contribution is -2.40. The minimum Gasteiger partial charge on any atom is -0.412 e. The van der Waals surface area contributed by atoms with Gasteiger partial charge in [-0.05, 0) is 30.3 Å². The monoisotopic (exact) mass is 286 g/mol. The first-order valence-electron chi connectivity index (χ1n) is 6.15. The third kappa shape index (κ3) is 3.70. The van der Waals surface area contributed by atoms with Gasteiger partial charge in [0.1, 0.15) is 11.6 Å². The molecular weight excluding hydrogens is 266 g/mol. The van der Waals surface area contributed by atoms with Crippen LogP contribution in [0.3, 0.4) is 0 Å². The molecule has 106 valence electrons. The highest BCUT2D eigenvalue weighted by Crippen LogP contribution is 2.37. The molecule has 0 saturated carbocycles. The summed E-state index contributed by atoms with van der Waals surface area (Å²) in [6.07, 6.45) is 0.302. The van der Waals surface area contributed by atoms with Gasteiger partial charge in [0.05, 0.1) is 12.2 Å². The number of halogens is 2. The van der Waals surface area contributed by atoms with Gasteiger partial charge in [-0.3, -0.25) is 4.79 Å². The molecule has 0 N–H and O–H groups in total. The van der Waals surface area contributed by atoms with E-state index in [4.69, 9.17) is 4.43 Å². The summed E-state index contributed by atoms with van der Waals surface area (Å²) in [6.45, 7) is 10.3. The van der Waals surface area contributed by atoms with Crippen molar-refractivity contribution in [2.24, 2.45) is 0 Å². The molecule has 0 heterocycles. The smallest absolute Gasteiger partial charge is 0.192 e. The molecule has 0 bridgehead atoms. The molecule has 19 heavy (non-hydrogen) atoms. The van der Waals surface area contributed by atoms with Crippen LogP contribution in [0.4, 0.5) is 8.78 Å². The molecule has 0 atom stereocenters. The minimum atomic E-state index is -2.01. The van der Waals surface area contributed by atoms with Crippen LogP contribution in [-0.2, 0) is 11.0 Å². The first kappa shape index (κ1) is 16.0. The van der Waals surface area contributed by atoms with Crippen molar-refractivity contribution in [1.29, 1.82) is 0 Å². The van der Waals surface area contributed by atoms with Crippen LogP contribution in [0.5, 0.6) is 0 Å². The van der Waals surface area contributed by atoms with Gasteiger partial charge in [-0.15, -0.1) is 0 Å². The minimum absolute atomic E-state index is 0.00472. The highest BCUT2D eigenvalue weighted by Gasteiger charge is 2.37. The van der Waals surface area contributed by atoms with Crippen LogP contribution in [0.2, 0.25) is 18.1 Å². The summed E-state index contributed by atoms with van der Waals surface area (Å²) in [5.41, 5.74) is -0.124. The van der Waals surface area contributed by atoms with Gasteiger partial charge in [-0.25, -0.2) is 8.78 Å². The Kier molecular flexibility index (Phi) is 4.63. The number of hydrogen-bond acceptors (Lipinski definition) is 2. The highest BCUT2D eigenvalue weighted by atomic mass is 28.4. The topological polar surface area (TPSA) is 26.3 Å². The summed E-state index contributed by atoms with van der Waals surface area (Å²) < 4.78 is 33.0. The Balaban J connectivity index is 2.90. The Morgan fingerprint density at radius 3 is 2.26 bits per heavy atom. The molecule has 0 aliphatic rings. The number of benzene rings is 1. The van der Waals surface area contributed by atoms with E-state index in [9.17, 15) is 13.6 Å². The van der Waals surface area contributed by atoms with Gasteiger partial charge in [-0.2, -0.15) is 0 Å². The van der Waals surface area contributed by atoms with Crippen molar-refractivity contribution in [1.82, 2.24) is 0 Å². The quantitative estimate of drug-likeness (QED) is 0.609. The number of aldehydes is 1. The number of rotatable bonds is 4. The molecule has 2 nitrogen and oxygen atoms in total. The molecule has 0 aliphatic heterocycles. The second kappa shape index (κ2) is 5.51. The normalized spacial score (nSPS) is 12.6. The van der Waals surface area contributed by atoms with Crippen molar-refractivity contribution >= 4 is 14.6 Å². The molecule has 0 radical (unpaired) electrons. The summed E-state index contributed by atoms with van der Waals surface area (Å²) in [4.78, 5) is 10.5. The van der Waals surface area contributed by atoms with Crippen LogP contribution in [0, 0.1) is 11.6 Å². The van der Waals surface area contributed by atoms with Gasteiger partial charge in [0.2, 0.25) is 0 Å². The maximum Gasteiger partial charge on any atom is 0.192 e. The fraction of sp³-hybridized carbons (Fsp3) is 0.500. The van der Waals surface area contributed by atoms with Crippen LogP contribution < -0.4 is 0 Å². The van der Waals surface area contributed by atoms with E-state index in [0.29, 0.717) is 6.29 Å². The summed E-state index contributed by atoms with van der Waals surface area (Å²) in [6, 6.07) is 1.94. The Labute approximate surface area is 113 Å². The third-order valence-corrected chi connectivity index (χ3v) is 8.17. The zero-order valence-corrected chi connectivity index (χ0v) is 13.0. The van der Waals surface area contributed by atoms with Crippen LogP contribution in [0.1, 0.15) is 36.7 Å². The summed E-state index contributed by atoms with van der Waals surface area (Å²) in [7, 11) is -2.01. The second-order valence-corrected chi connectivity index (χ2v) is 10.9. The van der Waals surface area contributed by atoms with Crippen molar-refractivity contribution in [3.63, 3.8) is 0 Å². The van der Waals surface area contributed by atoms with Crippen LogP contribution >= 0.6 is 0 Å². The van der Waals surface area contributed by atoms with Crippen molar-refractivity contribution in [2.75, 3.05) is 0 Å². The molecule has 0 aromatic heterocycles. The average molecular weight is 286 g/mol. The van der Waals surface area contributed by atoms with E-state index in [1.54, 1.807) is 0 Å². The van der Waals surface area contributed by atoms with Gasteiger partial charge in [0.15, 0.2) is 14.6 Å². The van der Waals surface area contributed by atoms with Crippen molar-refractivity contribution < 1.29 is 18.0 Å². The lowest BCUT2D eigenvalue weighted by atomic mass is 10.1. The number of hydrogen-bond donors (Lipinski definition) is 0. The van der Waals surface area contributed by atoms with Gasteiger partial charge >= 0.3 is 0 Å². The van der Waals surface area contributed by atoms with Gasteiger partial charge < -0.3 is 4.43 Å². The predicted molar refractivity (Wildman–Crippen MR) is 73.7 cm³/mol. The van der Waals surface area contributed by atoms with Gasteiger partial charge in [0, 0.05) is 5.56 Å². The fourth-order valence-corrected chi connectivity index (χ4v) is 2.23. The van der Waals surface area contributed by atoms with Crippen molar-refractivity contribution in [3.05, 3.63) is 34.9 Å². The molecule has 0 saturated heterocycles. The molecule has 1 rings (SSSR count). The summed E-state index contributed by atoms with van der Waals surface area (Å²) >= 11 is 0. The Morgan fingerprint density at radius 2 is 1.79 bits per heavy atom. The first-order chi connectivity index (χ1) is 8.58. The number of carbonyl (C=O) groups excluding carboxylic acids is 1. The standard InChI is InChI=1S/C14H20F2O2Si/c1-14(2,3)19(4,5)18-9-11-7-12(15)10(8-17)6-13(11)16/h6-8H,9H2,1-5H3. The van der Waals surface area contributed by atoms with Crippen LogP contribution in [0.15, 0.2) is 12.1 Å². The summed E-state index contributed by atoms with van der Waals surface area (Å²) in [5.74, 6) is -1.33. The van der Waals surface area contributed by atoms with E-state index < -0.39 is 20.0 Å². The lowest BCUT2D eigenvalue weighted by Gasteiger charge is -2.36. The second-order valence-electron chi connectivity index (χ2n) is 6.13. The first-order valence-corrected chi connectivity index (χ1v) is 9.06. The Bertz CT molecular complexity index is 479. The van der Waals surface area contributed by atoms with Gasteiger partial charge in [-0.1, -0.05) is 20.8 Å². The predicted octanol–water partition coefficient (Wildman–Crippen LogP) is 4.30. The average Bonchev–Trinajstić information content (AvgIpc) is 2.28. The van der Waals surface area contributed by atoms with E-state index >= 15 is 0 Å². The molecule has 0 unspecified atom stereocenters. The van der Waals surface area contributed by atoms with Crippen molar-refractivity contribution in [2.45, 2.75) is 45.5 Å². The molecule has 5 heteroatoms. The fourth-order valence-electron chi connectivity index (χ4n) is 1.28. The molecule has 0 spiro atoms. The maximum absolute atomic E-state index is 13.7. The third-order valence-electron chi connectivity index (χ3n) is 3.69. The molecule has 0 fully saturated rings.